The van der Waals surface area contributed by atoms with Crippen LogP contribution >= 0.6 is 0 Å². The molecule has 1 aromatic heterocycles. The van der Waals surface area contributed by atoms with Crippen molar-refractivity contribution in [2.45, 2.75) is 50.8 Å². The number of aliphatic hydroxyl groups is 2. The van der Waals surface area contributed by atoms with Gasteiger partial charge in [-0.1, -0.05) is 13.8 Å². The fourth-order valence-corrected chi connectivity index (χ4v) is 2.60. The van der Waals surface area contributed by atoms with Crippen LogP contribution in [-0.4, -0.2) is 44.2 Å². The van der Waals surface area contributed by atoms with Crippen molar-refractivity contribution in [3.63, 3.8) is 0 Å². The molecule has 1 fully saturated rings. The van der Waals surface area contributed by atoms with Gasteiger partial charge < -0.3 is 20.7 Å². The molecule has 0 bridgehead atoms. The van der Waals surface area contributed by atoms with Crippen molar-refractivity contribution in [2.75, 3.05) is 12.3 Å². The normalized spacial score (nSPS) is 31.8. The first-order valence-corrected chi connectivity index (χ1v) is 7.26. The predicted molar refractivity (Wildman–Crippen MR) is 77.8 cm³/mol. The van der Waals surface area contributed by atoms with Gasteiger partial charge in [-0.3, -0.25) is 4.57 Å². The van der Waals surface area contributed by atoms with Crippen LogP contribution in [-0.2, 0) is 4.74 Å². The van der Waals surface area contributed by atoms with Crippen LogP contribution in [0.25, 0.3) is 0 Å². The van der Waals surface area contributed by atoms with Crippen LogP contribution in [0.15, 0.2) is 17.1 Å². The number of nitrogen functional groups attached to an aromatic ring is 1. The van der Waals surface area contributed by atoms with Gasteiger partial charge in [-0.2, -0.15) is 4.98 Å². The molecule has 1 saturated heterocycles. The predicted octanol–water partition coefficient (Wildman–Crippen LogP) is 0.221. The van der Waals surface area contributed by atoms with E-state index in [1.165, 1.54) is 12.3 Å². The lowest BCUT2D eigenvalue weighted by molar-refractivity contribution is -0.134. The van der Waals surface area contributed by atoms with Gasteiger partial charge in [0.2, 0.25) is 0 Å². The van der Waals surface area contributed by atoms with Crippen LogP contribution in [0, 0.1) is 5.92 Å². The highest BCUT2D eigenvalue weighted by Crippen LogP contribution is 2.41. The molecule has 1 aromatic rings. The zero-order valence-corrected chi connectivity index (χ0v) is 12.6. The van der Waals surface area contributed by atoms with Crippen molar-refractivity contribution in [1.29, 1.82) is 0 Å². The van der Waals surface area contributed by atoms with Crippen molar-refractivity contribution in [3.8, 4) is 0 Å². The fourth-order valence-electron chi connectivity index (χ4n) is 2.60. The smallest absolute Gasteiger partial charge is 0.351 e. The molecular formula is C14H22FN3O4. The number of aromatic nitrogens is 2. The Hall–Kier alpha value is -1.51. The van der Waals surface area contributed by atoms with Gasteiger partial charge in [0.05, 0.1) is 6.61 Å². The Bertz CT molecular complexity index is 579. The molecule has 1 unspecified atom stereocenters. The Morgan fingerprint density at radius 1 is 1.59 bits per heavy atom. The lowest BCUT2D eigenvalue weighted by Gasteiger charge is -2.30. The highest BCUT2D eigenvalue weighted by Gasteiger charge is 2.55. The molecule has 1 aliphatic heterocycles. The fraction of sp³-hybridized carbons (Fsp3) is 0.714. The Kier molecular flexibility index (Phi) is 4.84. The molecule has 0 aliphatic carbocycles. The summed E-state index contributed by atoms with van der Waals surface area (Å²) in [7, 11) is 0. The van der Waals surface area contributed by atoms with E-state index in [4.69, 9.17) is 10.5 Å². The number of alkyl halides is 1. The minimum Gasteiger partial charge on any atom is -0.393 e. The molecule has 0 amide bonds. The summed E-state index contributed by atoms with van der Waals surface area (Å²) in [6, 6.07) is 1.34. The maximum absolute atomic E-state index is 14.4. The van der Waals surface area contributed by atoms with Gasteiger partial charge >= 0.3 is 5.69 Å². The van der Waals surface area contributed by atoms with Gasteiger partial charge in [-0.15, -0.1) is 0 Å². The van der Waals surface area contributed by atoms with Crippen molar-refractivity contribution < 1.29 is 19.3 Å². The number of halogens is 1. The van der Waals surface area contributed by atoms with E-state index >= 15 is 0 Å². The van der Waals surface area contributed by atoms with Crippen LogP contribution < -0.4 is 11.4 Å². The van der Waals surface area contributed by atoms with Crippen molar-refractivity contribution in [1.82, 2.24) is 9.55 Å². The molecule has 124 valence electrons. The summed E-state index contributed by atoms with van der Waals surface area (Å²) < 4.78 is 21.0. The Labute approximate surface area is 127 Å². The monoisotopic (exact) mass is 315 g/mol. The van der Waals surface area contributed by atoms with Crippen LogP contribution in [0.1, 0.15) is 32.9 Å². The summed E-state index contributed by atoms with van der Waals surface area (Å²) in [6.45, 7) is 3.42. The van der Waals surface area contributed by atoms with E-state index in [0.29, 0.717) is 12.3 Å². The molecule has 2 rings (SSSR count). The van der Waals surface area contributed by atoms with E-state index in [0.717, 1.165) is 4.57 Å². The minimum atomic E-state index is -1.84. The third-order valence-electron chi connectivity index (χ3n) is 4.01. The zero-order valence-electron chi connectivity index (χ0n) is 12.6. The first kappa shape index (κ1) is 16.9. The first-order valence-electron chi connectivity index (χ1n) is 7.26. The molecule has 0 radical (unpaired) electrons. The molecular weight excluding hydrogens is 293 g/mol. The van der Waals surface area contributed by atoms with Crippen LogP contribution in [0.4, 0.5) is 10.2 Å². The summed E-state index contributed by atoms with van der Waals surface area (Å²) in [5.41, 5.74) is 3.21. The Morgan fingerprint density at radius 3 is 2.82 bits per heavy atom. The second-order valence-electron chi connectivity index (χ2n) is 6.10. The van der Waals surface area contributed by atoms with Crippen molar-refractivity contribution in [3.05, 3.63) is 22.7 Å². The van der Waals surface area contributed by atoms with E-state index in [1.807, 2.05) is 13.8 Å². The average Bonchev–Trinajstić information content (AvgIpc) is 2.71. The van der Waals surface area contributed by atoms with Gasteiger partial charge in [-0.25, -0.2) is 9.18 Å². The van der Waals surface area contributed by atoms with E-state index in [-0.39, 0.29) is 12.2 Å². The van der Waals surface area contributed by atoms with E-state index in [9.17, 15) is 19.4 Å². The third-order valence-corrected chi connectivity index (χ3v) is 4.01. The average molecular weight is 315 g/mol. The number of hydrogen-bond donors (Lipinski definition) is 3. The Morgan fingerprint density at radius 2 is 2.27 bits per heavy atom. The topological polar surface area (TPSA) is 111 Å². The van der Waals surface area contributed by atoms with Crippen LogP contribution in [0.2, 0.25) is 0 Å². The first-order chi connectivity index (χ1) is 10.3. The molecule has 4 N–H and O–H groups in total. The molecule has 4 atom stereocenters. The zero-order chi connectivity index (χ0) is 16.5. The molecule has 2 heterocycles. The second kappa shape index (κ2) is 6.31. The summed E-state index contributed by atoms with van der Waals surface area (Å²) in [4.78, 5) is 15.3. The standard InChI is InChI=1S/C14H22FN3O4/c1-8(2)3-5-14(7-19)11(20)10(15)12(22-14)18-6-4-9(16)17-13(18)21/h4,6,8,10-12,19-20H,3,5,7H2,1-2H3,(H2,16,17,21)/t10-,11+,12-,14?/m1/s1. The van der Waals surface area contributed by atoms with Gasteiger partial charge in [-0.05, 0) is 24.8 Å². The quantitative estimate of drug-likeness (QED) is 0.717. The van der Waals surface area contributed by atoms with Gasteiger partial charge in [0, 0.05) is 6.20 Å². The highest BCUT2D eigenvalue weighted by molar-refractivity contribution is 5.23. The minimum absolute atomic E-state index is 0.0171. The van der Waals surface area contributed by atoms with Crippen LogP contribution in [0.5, 0.6) is 0 Å². The highest BCUT2D eigenvalue weighted by atomic mass is 19.1. The number of ether oxygens (including phenoxy) is 1. The molecule has 0 aromatic carbocycles. The Balaban J connectivity index is 2.30. The molecule has 8 heteroatoms. The van der Waals surface area contributed by atoms with Gasteiger partial charge in [0.25, 0.3) is 0 Å². The van der Waals surface area contributed by atoms with E-state index in [2.05, 4.69) is 4.98 Å². The second-order valence-corrected chi connectivity index (χ2v) is 6.10. The SMILES string of the molecule is CC(C)CCC1(CO)O[C@@H](n2ccc(N)nc2=O)[C@H](F)[C@@H]1O. The molecule has 1 aliphatic rings. The maximum atomic E-state index is 14.4. The molecule has 0 spiro atoms. The number of rotatable bonds is 5. The van der Waals surface area contributed by atoms with E-state index in [1.54, 1.807) is 0 Å². The number of aliphatic hydroxyl groups excluding tert-OH is 2. The molecule has 0 saturated carbocycles. The summed E-state index contributed by atoms with van der Waals surface area (Å²) in [6.07, 6.45) is -2.50. The summed E-state index contributed by atoms with van der Waals surface area (Å²) in [5, 5.41) is 19.8. The number of hydrogen-bond acceptors (Lipinski definition) is 6. The molecule has 22 heavy (non-hydrogen) atoms. The van der Waals surface area contributed by atoms with Crippen molar-refractivity contribution >= 4 is 5.82 Å². The summed E-state index contributed by atoms with van der Waals surface area (Å²) >= 11 is 0. The number of anilines is 1. The lowest BCUT2D eigenvalue weighted by Crippen LogP contribution is -2.45. The van der Waals surface area contributed by atoms with Crippen LogP contribution in [0.3, 0.4) is 0 Å². The lowest BCUT2D eigenvalue weighted by atomic mass is 9.89. The third kappa shape index (κ3) is 2.99. The number of nitrogens with two attached hydrogens (primary N) is 1. The van der Waals surface area contributed by atoms with E-state index < -0.39 is 36.4 Å². The number of nitrogens with zero attached hydrogens (tertiary/aromatic N) is 2. The molecule has 7 nitrogen and oxygen atoms in total. The maximum Gasteiger partial charge on any atom is 0.351 e. The van der Waals surface area contributed by atoms with Crippen molar-refractivity contribution in [2.24, 2.45) is 5.92 Å². The largest absolute Gasteiger partial charge is 0.393 e. The summed E-state index contributed by atoms with van der Waals surface area (Å²) in [5.74, 6) is 0.320. The van der Waals surface area contributed by atoms with Gasteiger partial charge in [0.15, 0.2) is 12.4 Å². The van der Waals surface area contributed by atoms with Gasteiger partial charge in [0.1, 0.15) is 17.5 Å².